The van der Waals surface area contributed by atoms with Crippen molar-refractivity contribution in [3.05, 3.63) is 34.7 Å². The van der Waals surface area contributed by atoms with Crippen LogP contribution < -0.4 is 4.74 Å². The van der Waals surface area contributed by atoms with E-state index in [1.54, 1.807) is 0 Å². The molecule has 0 radical (unpaired) electrons. The van der Waals surface area contributed by atoms with Crippen molar-refractivity contribution in [1.82, 2.24) is 4.98 Å². The normalized spacial score (nSPS) is 9.31. The number of aromatic nitrogens is 1. The summed E-state index contributed by atoms with van der Waals surface area (Å²) >= 11 is 0. The molecule has 1 heterocycles. The lowest BCUT2D eigenvalue weighted by molar-refractivity contribution is -0.385. The zero-order valence-electron chi connectivity index (χ0n) is 7.06. The van der Waals surface area contributed by atoms with Gasteiger partial charge >= 0.3 is 5.69 Å². The molecule has 5 heteroatoms. The second kappa shape index (κ2) is 3.66. The van der Waals surface area contributed by atoms with Crippen molar-refractivity contribution in [3.63, 3.8) is 0 Å². The van der Waals surface area contributed by atoms with Crippen LogP contribution in [0.2, 0.25) is 0 Å². The number of hydrogen-bond acceptors (Lipinski definition) is 4. The molecule has 1 rings (SSSR count). The Hall–Kier alpha value is -1.91. The van der Waals surface area contributed by atoms with Crippen LogP contribution in [0, 0.1) is 10.1 Å². The minimum absolute atomic E-state index is 0.104. The van der Waals surface area contributed by atoms with Gasteiger partial charge in [0.05, 0.1) is 23.9 Å². The van der Waals surface area contributed by atoms with Gasteiger partial charge in [-0.1, -0.05) is 6.58 Å². The third-order valence-corrected chi connectivity index (χ3v) is 1.49. The van der Waals surface area contributed by atoms with E-state index in [0.29, 0.717) is 5.69 Å². The van der Waals surface area contributed by atoms with Crippen LogP contribution in [0.1, 0.15) is 5.69 Å². The fourth-order valence-corrected chi connectivity index (χ4v) is 0.859. The van der Waals surface area contributed by atoms with Crippen LogP contribution in [0.4, 0.5) is 5.69 Å². The molecule has 13 heavy (non-hydrogen) atoms. The molecule has 1 aromatic heterocycles. The van der Waals surface area contributed by atoms with E-state index in [9.17, 15) is 10.1 Å². The zero-order valence-corrected chi connectivity index (χ0v) is 7.06. The Balaban J connectivity index is 3.25. The lowest BCUT2D eigenvalue weighted by atomic mass is 10.3. The lowest BCUT2D eigenvalue weighted by Gasteiger charge is -2.00. The Labute approximate surface area is 74.8 Å². The molecule has 0 fully saturated rings. The summed E-state index contributed by atoms with van der Waals surface area (Å²) < 4.78 is 4.77. The topological polar surface area (TPSA) is 65.3 Å². The molecule has 0 aliphatic heterocycles. The van der Waals surface area contributed by atoms with E-state index in [1.165, 1.54) is 25.4 Å². The first kappa shape index (κ1) is 9.18. The van der Waals surface area contributed by atoms with E-state index in [0.717, 1.165) is 0 Å². The fraction of sp³-hybridized carbons (Fsp3) is 0.125. The van der Waals surface area contributed by atoms with Crippen LogP contribution in [-0.2, 0) is 0 Å². The molecule has 0 atom stereocenters. The molecule has 0 unspecified atom stereocenters. The smallest absolute Gasteiger partial charge is 0.314 e. The molecule has 0 aromatic carbocycles. The molecule has 1 aromatic rings. The van der Waals surface area contributed by atoms with Gasteiger partial charge in [-0.25, -0.2) is 0 Å². The van der Waals surface area contributed by atoms with Crippen LogP contribution in [0.15, 0.2) is 18.8 Å². The van der Waals surface area contributed by atoms with Gasteiger partial charge in [0, 0.05) is 6.07 Å². The maximum Gasteiger partial charge on any atom is 0.314 e. The second-order valence-electron chi connectivity index (χ2n) is 2.24. The molecular weight excluding hydrogens is 172 g/mol. The molecule has 68 valence electrons. The first-order valence-electron chi connectivity index (χ1n) is 3.50. The Morgan fingerprint density at radius 1 is 1.77 bits per heavy atom. The molecular formula is C8H8N2O3. The summed E-state index contributed by atoms with van der Waals surface area (Å²) in [5, 5.41) is 10.5. The van der Waals surface area contributed by atoms with Crippen molar-refractivity contribution in [2.45, 2.75) is 0 Å². The average molecular weight is 180 g/mol. The first-order chi connectivity index (χ1) is 6.19. The SMILES string of the molecule is C=Cc1cc([N+](=O)[O-])c(OC)cn1. The Bertz CT molecular complexity index is 349. The van der Waals surface area contributed by atoms with Crippen molar-refractivity contribution in [1.29, 1.82) is 0 Å². The van der Waals surface area contributed by atoms with Crippen molar-refractivity contribution in [3.8, 4) is 5.75 Å². The van der Waals surface area contributed by atoms with Crippen molar-refractivity contribution in [2.24, 2.45) is 0 Å². The molecule has 0 aliphatic carbocycles. The Kier molecular flexibility index (Phi) is 2.59. The maximum atomic E-state index is 10.5. The first-order valence-corrected chi connectivity index (χ1v) is 3.50. The summed E-state index contributed by atoms with van der Waals surface area (Å²) in [7, 11) is 1.36. The summed E-state index contributed by atoms with van der Waals surface area (Å²) in [5.41, 5.74) is 0.347. The molecule has 0 aliphatic rings. The van der Waals surface area contributed by atoms with Gasteiger partial charge in [-0.05, 0) is 6.08 Å². The molecule has 0 saturated heterocycles. The van der Waals surface area contributed by atoms with E-state index in [-0.39, 0.29) is 11.4 Å². The van der Waals surface area contributed by atoms with Crippen LogP contribution in [0.25, 0.3) is 6.08 Å². The molecule has 0 bridgehead atoms. The number of methoxy groups -OCH3 is 1. The van der Waals surface area contributed by atoms with Crippen molar-refractivity contribution in [2.75, 3.05) is 7.11 Å². The Morgan fingerprint density at radius 2 is 2.46 bits per heavy atom. The van der Waals surface area contributed by atoms with Gasteiger partial charge in [0.25, 0.3) is 0 Å². The number of ether oxygens (including phenoxy) is 1. The highest BCUT2D eigenvalue weighted by Gasteiger charge is 2.14. The molecule has 5 nitrogen and oxygen atoms in total. The summed E-state index contributed by atoms with van der Waals surface area (Å²) in [5.74, 6) is 0.149. The molecule has 0 amide bonds. The minimum atomic E-state index is -0.520. The Morgan fingerprint density at radius 3 is 2.92 bits per heavy atom. The van der Waals surface area contributed by atoms with Crippen LogP contribution in [-0.4, -0.2) is 17.0 Å². The van der Waals surface area contributed by atoms with E-state index >= 15 is 0 Å². The third-order valence-electron chi connectivity index (χ3n) is 1.49. The third kappa shape index (κ3) is 1.81. The monoisotopic (exact) mass is 180 g/mol. The van der Waals surface area contributed by atoms with E-state index < -0.39 is 4.92 Å². The minimum Gasteiger partial charge on any atom is -0.489 e. The number of hydrogen-bond donors (Lipinski definition) is 0. The lowest BCUT2D eigenvalue weighted by Crippen LogP contribution is -1.95. The van der Waals surface area contributed by atoms with Gasteiger partial charge in [0.1, 0.15) is 0 Å². The predicted molar refractivity (Wildman–Crippen MR) is 47.5 cm³/mol. The van der Waals surface area contributed by atoms with Crippen LogP contribution in [0.3, 0.4) is 0 Å². The predicted octanol–water partition coefficient (Wildman–Crippen LogP) is 1.64. The van der Waals surface area contributed by atoms with Gasteiger partial charge in [-0.2, -0.15) is 0 Å². The fourth-order valence-electron chi connectivity index (χ4n) is 0.859. The maximum absolute atomic E-state index is 10.5. The summed E-state index contributed by atoms with van der Waals surface area (Å²) in [4.78, 5) is 13.9. The summed E-state index contributed by atoms with van der Waals surface area (Å²) in [6.07, 6.45) is 2.74. The highest BCUT2D eigenvalue weighted by Crippen LogP contribution is 2.25. The van der Waals surface area contributed by atoms with E-state index in [4.69, 9.17) is 4.74 Å². The highest BCUT2D eigenvalue weighted by atomic mass is 16.6. The standard InChI is InChI=1S/C8H8N2O3/c1-3-6-4-7(10(11)12)8(13-2)5-9-6/h3-5H,1H2,2H3. The number of nitro groups is 1. The van der Waals surface area contributed by atoms with Crippen molar-refractivity contribution < 1.29 is 9.66 Å². The van der Waals surface area contributed by atoms with E-state index in [1.807, 2.05) is 0 Å². The van der Waals surface area contributed by atoms with Crippen molar-refractivity contribution >= 4 is 11.8 Å². The number of pyridine rings is 1. The van der Waals surface area contributed by atoms with Gasteiger partial charge in [0.15, 0.2) is 0 Å². The molecule has 0 saturated carbocycles. The largest absolute Gasteiger partial charge is 0.489 e. The van der Waals surface area contributed by atoms with Gasteiger partial charge < -0.3 is 4.74 Å². The van der Waals surface area contributed by atoms with Gasteiger partial charge in [-0.15, -0.1) is 0 Å². The summed E-state index contributed by atoms with van der Waals surface area (Å²) in [6.45, 7) is 3.46. The number of rotatable bonds is 3. The summed E-state index contributed by atoms with van der Waals surface area (Å²) in [6, 6.07) is 1.31. The van der Waals surface area contributed by atoms with Crippen LogP contribution >= 0.6 is 0 Å². The molecule has 0 spiro atoms. The quantitative estimate of drug-likeness (QED) is 0.523. The molecule has 0 N–H and O–H groups in total. The van der Waals surface area contributed by atoms with Crippen LogP contribution in [0.5, 0.6) is 5.75 Å². The average Bonchev–Trinajstić information content (AvgIpc) is 2.16. The number of nitrogens with zero attached hydrogens (tertiary/aromatic N) is 2. The van der Waals surface area contributed by atoms with Gasteiger partial charge in [-0.3, -0.25) is 15.1 Å². The highest BCUT2D eigenvalue weighted by molar-refractivity contribution is 5.53. The van der Waals surface area contributed by atoms with E-state index in [2.05, 4.69) is 11.6 Å². The zero-order chi connectivity index (χ0) is 9.84. The van der Waals surface area contributed by atoms with Gasteiger partial charge in [0.2, 0.25) is 5.75 Å². The second-order valence-corrected chi connectivity index (χ2v) is 2.24.